The number of aliphatic hydroxyl groups is 1. The molecule has 1 N–H and O–H groups in total. The van der Waals surface area contributed by atoms with Crippen molar-refractivity contribution in [3.8, 4) is 0 Å². The highest BCUT2D eigenvalue weighted by molar-refractivity contribution is 5.79. The van der Waals surface area contributed by atoms with Crippen LogP contribution in [0.1, 0.15) is 18.4 Å². The van der Waals surface area contributed by atoms with Crippen LogP contribution >= 0.6 is 0 Å². The van der Waals surface area contributed by atoms with Gasteiger partial charge < -0.3 is 10.0 Å². The van der Waals surface area contributed by atoms with Crippen molar-refractivity contribution in [2.24, 2.45) is 0 Å². The quantitative estimate of drug-likeness (QED) is 0.909. The number of alkyl halides is 2. The van der Waals surface area contributed by atoms with Crippen molar-refractivity contribution in [2.75, 3.05) is 26.2 Å². The third kappa shape index (κ3) is 3.72. The van der Waals surface area contributed by atoms with Crippen molar-refractivity contribution < 1.29 is 23.1 Å². The molecule has 7 heteroatoms. The van der Waals surface area contributed by atoms with Gasteiger partial charge in [-0.1, -0.05) is 18.2 Å². The van der Waals surface area contributed by atoms with E-state index in [1.54, 1.807) is 18.2 Å². The van der Waals surface area contributed by atoms with E-state index in [0.29, 0.717) is 12.1 Å². The van der Waals surface area contributed by atoms with Crippen LogP contribution in [-0.4, -0.2) is 65.1 Å². The van der Waals surface area contributed by atoms with Gasteiger partial charge in [-0.25, -0.2) is 13.2 Å². The lowest BCUT2D eigenvalue weighted by atomic mass is 10.0. The molecule has 2 saturated heterocycles. The number of carbonyl (C=O) groups excluding carboxylic acids is 1. The molecule has 2 aliphatic heterocycles. The fourth-order valence-electron chi connectivity index (χ4n) is 3.43. The molecule has 0 bridgehead atoms. The first-order valence-electron chi connectivity index (χ1n) is 8.17. The van der Waals surface area contributed by atoms with Gasteiger partial charge >= 0.3 is 0 Å². The highest BCUT2D eigenvalue weighted by Gasteiger charge is 2.42. The molecule has 2 heterocycles. The fraction of sp³-hybridized carbons (Fsp3) is 0.588. The molecule has 2 fully saturated rings. The van der Waals surface area contributed by atoms with E-state index in [0.717, 1.165) is 0 Å². The monoisotopic (exact) mass is 342 g/mol. The largest absolute Gasteiger partial charge is 0.390 e. The Kier molecular flexibility index (Phi) is 4.83. The maximum Gasteiger partial charge on any atom is 0.250 e. The Bertz CT molecular complexity index is 601. The first kappa shape index (κ1) is 17.2. The minimum Gasteiger partial charge on any atom is -0.390 e. The van der Waals surface area contributed by atoms with Gasteiger partial charge in [0.15, 0.2) is 0 Å². The number of halogens is 3. The maximum absolute atomic E-state index is 13.7. The van der Waals surface area contributed by atoms with Crippen LogP contribution in [0, 0.1) is 5.82 Å². The number of rotatable bonds is 3. The highest BCUT2D eigenvalue weighted by Crippen LogP contribution is 2.30. The molecule has 0 spiro atoms. The molecule has 1 amide bonds. The molecule has 0 aromatic heterocycles. The minimum atomic E-state index is -2.64. The zero-order chi connectivity index (χ0) is 17.3. The van der Waals surface area contributed by atoms with Crippen molar-refractivity contribution in [3.63, 3.8) is 0 Å². The van der Waals surface area contributed by atoms with Crippen molar-refractivity contribution in [2.45, 2.75) is 37.3 Å². The smallest absolute Gasteiger partial charge is 0.250 e. The van der Waals surface area contributed by atoms with Crippen molar-refractivity contribution in [3.05, 3.63) is 35.6 Å². The normalized spacial score (nSPS) is 27.4. The number of hydrogen-bond donors (Lipinski definition) is 1. The number of β-amino-alcohol motifs (C(OH)–C–C–N with tert-alkyl or cyclic N) is 1. The second-order valence-corrected chi connectivity index (χ2v) is 6.59. The highest BCUT2D eigenvalue weighted by atomic mass is 19.3. The van der Waals surface area contributed by atoms with Crippen LogP contribution < -0.4 is 0 Å². The molecule has 2 atom stereocenters. The standard InChI is InChI=1S/C17H21F3N2O2/c18-13-4-2-1-3-12(13)9-16(24)22-10-14(15(23)11-22)21-7-5-17(19,20)6-8-21/h1-4,14-15,23H,5-11H2/t14-,15-/m1/s1. The van der Waals surface area contributed by atoms with Gasteiger partial charge in [0, 0.05) is 39.0 Å². The van der Waals surface area contributed by atoms with Gasteiger partial charge in [0.05, 0.1) is 18.6 Å². The van der Waals surface area contributed by atoms with Crippen LogP contribution in [0.2, 0.25) is 0 Å². The van der Waals surface area contributed by atoms with Crippen LogP contribution in [0.3, 0.4) is 0 Å². The lowest BCUT2D eigenvalue weighted by Gasteiger charge is -2.36. The Balaban J connectivity index is 1.59. The lowest BCUT2D eigenvalue weighted by molar-refractivity contribution is -0.130. The van der Waals surface area contributed by atoms with E-state index in [-0.39, 0.29) is 50.8 Å². The summed E-state index contributed by atoms with van der Waals surface area (Å²) in [5.74, 6) is -3.33. The average molecular weight is 342 g/mol. The van der Waals surface area contributed by atoms with Crippen molar-refractivity contribution in [1.29, 1.82) is 0 Å². The van der Waals surface area contributed by atoms with Gasteiger partial charge in [0.25, 0.3) is 5.92 Å². The lowest BCUT2D eigenvalue weighted by Crippen LogP contribution is -2.49. The predicted molar refractivity (Wildman–Crippen MR) is 82.2 cm³/mol. The van der Waals surface area contributed by atoms with Gasteiger partial charge in [-0.3, -0.25) is 9.69 Å². The molecule has 132 valence electrons. The van der Waals surface area contributed by atoms with E-state index in [4.69, 9.17) is 0 Å². The topological polar surface area (TPSA) is 43.8 Å². The summed E-state index contributed by atoms with van der Waals surface area (Å²) in [7, 11) is 0. The fourth-order valence-corrected chi connectivity index (χ4v) is 3.43. The Hall–Kier alpha value is -1.60. The van der Waals surface area contributed by atoms with Crippen LogP contribution in [-0.2, 0) is 11.2 Å². The Morgan fingerprint density at radius 2 is 1.88 bits per heavy atom. The molecule has 1 aromatic carbocycles. The van der Waals surface area contributed by atoms with E-state index in [1.807, 2.05) is 4.90 Å². The summed E-state index contributed by atoms with van der Waals surface area (Å²) < 4.78 is 40.2. The molecule has 3 rings (SSSR count). The summed E-state index contributed by atoms with van der Waals surface area (Å²) in [5, 5.41) is 10.2. The van der Waals surface area contributed by atoms with Gasteiger partial charge in [-0.05, 0) is 11.6 Å². The molecular formula is C17H21F3N2O2. The van der Waals surface area contributed by atoms with Crippen LogP contribution in [0.5, 0.6) is 0 Å². The zero-order valence-electron chi connectivity index (χ0n) is 13.3. The summed E-state index contributed by atoms with van der Waals surface area (Å²) in [6.07, 6.45) is -1.27. The second kappa shape index (κ2) is 6.72. The average Bonchev–Trinajstić information content (AvgIpc) is 2.92. The number of nitrogens with zero attached hydrogens (tertiary/aromatic N) is 2. The molecule has 4 nitrogen and oxygen atoms in total. The third-order valence-electron chi connectivity index (χ3n) is 4.91. The number of benzene rings is 1. The summed E-state index contributed by atoms with van der Waals surface area (Å²) >= 11 is 0. The molecular weight excluding hydrogens is 321 g/mol. The van der Waals surface area contributed by atoms with Crippen molar-refractivity contribution in [1.82, 2.24) is 9.80 Å². The van der Waals surface area contributed by atoms with E-state index in [2.05, 4.69) is 0 Å². The molecule has 0 aliphatic carbocycles. The molecule has 1 aromatic rings. The van der Waals surface area contributed by atoms with Crippen LogP contribution in [0.15, 0.2) is 24.3 Å². The number of aliphatic hydroxyl groups excluding tert-OH is 1. The number of carbonyl (C=O) groups is 1. The summed E-state index contributed by atoms with van der Waals surface area (Å²) in [4.78, 5) is 15.7. The second-order valence-electron chi connectivity index (χ2n) is 6.59. The van der Waals surface area contributed by atoms with Gasteiger partial charge in [0.2, 0.25) is 5.91 Å². The number of amides is 1. The minimum absolute atomic E-state index is 0.0653. The number of hydrogen-bond acceptors (Lipinski definition) is 3. The summed E-state index contributed by atoms with van der Waals surface area (Å²) in [5.41, 5.74) is 0.318. The van der Waals surface area contributed by atoms with Crippen molar-refractivity contribution >= 4 is 5.91 Å². The molecule has 2 aliphatic rings. The van der Waals surface area contributed by atoms with E-state index >= 15 is 0 Å². The molecule has 0 unspecified atom stereocenters. The van der Waals surface area contributed by atoms with Gasteiger partial charge in [0.1, 0.15) is 5.82 Å². The molecule has 0 radical (unpaired) electrons. The number of piperidine rings is 1. The Labute approximate surface area is 138 Å². The number of likely N-dealkylation sites (tertiary alicyclic amines) is 2. The van der Waals surface area contributed by atoms with Gasteiger partial charge in [-0.2, -0.15) is 0 Å². The SMILES string of the molecule is O=C(Cc1ccccc1F)N1C[C@@H](O)[C@H](N2CCC(F)(F)CC2)C1. The first-order chi connectivity index (χ1) is 11.4. The Morgan fingerprint density at radius 1 is 1.21 bits per heavy atom. The third-order valence-corrected chi connectivity index (χ3v) is 4.91. The first-order valence-corrected chi connectivity index (χ1v) is 8.17. The van der Waals surface area contributed by atoms with Crippen LogP contribution in [0.25, 0.3) is 0 Å². The Morgan fingerprint density at radius 3 is 2.54 bits per heavy atom. The van der Waals surface area contributed by atoms with Gasteiger partial charge in [-0.15, -0.1) is 0 Å². The summed E-state index contributed by atoms with van der Waals surface area (Å²) in [6.45, 7) is 0.874. The molecule has 0 saturated carbocycles. The zero-order valence-corrected chi connectivity index (χ0v) is 13.3. The van der Waals surface area contributed by atoms with Crippen LogP contribution in [0.4, 0.5) is 13.2 Å². The maximum atomic E-state index is 13.7. The van der Waals surface area contributed by atoms with E-state index in [1.165, 1.54) is 11.0 Å². The molecule has 24 heavy (non-hydrogen) atoms. The van der Waals surface area contributed by atoms with E-state index in [9.17, 15) is 23.1 Å². The predicted octanol–water partition coefficient (Wildman–Crippen LogP) is 1.67. The summed E-state index contributed by atoms with van der Waals surface area (Å²) in [6, 6.07) is 5.76. The van der Waals surface area contributed by atoms with E-state index < -0.39 is 17.8 Å².